The summed E-state index contributed by atoms with van der Waals surface area (Å²) in [6, 6.07) is 0. The standard InChI is InChI=1S/C21H30O5/c1-10(2)14(22)13-15(23)20(7)8-12-18(3,4)11(19(5,6)26)9-21(12,16(13)24)17(20)25/h10-12,23,26H,8-9H2,1-7H3/t11-,12+,20+,21-/m1/s1. The number of carbonyl (C=O) groups excluding carboxylic acids is 3. The lowest BCUT2D eigenvalue weighted by Crippen LogP contribution is -2.49. The van der Waals surface area contributed by atoms with E-state index in [1.165, 1.54) is 0 Å². The third-order valence-electron chi connectivity index (χ3n) is 7.45. The number of carbonyl (C=O) groups is 3. The summed E-state index contributed by atoms with van der Waals surface area (Å²) < 4.78 is 0. The van der Waals surface area contributed by atoms with Crippen LogP contribution in [-0.2, 0) is 14.4 Å². The highest BCUT2D eigenvalue weighted by atomic mass is 16.3. The van der Waals surface area contributed by atoms with Crippen molar-refractivity contribution in [3.8, 4) is 0 Å². The molecule has 2 fully saturated rings. The Bertz CT molecular complexity index is 751. The maximum atomic E-state index is 13.5. The Hall–Kier alpha value is -1.49. The van der Waals surface area contributed by atoms with Gasteiger partial charge >= 0.3 is 0 Å². The van der Waals surface area contributed by atoms with Crippen LogP contribution >= 0.6 is 0 Å². The normalized spacial score (nSPS) is 39.0. The predicted octanol–water partition coefficient (Wildman–Crippen LogP) is 3.01. The van der Waals surface area contributed by atoms with E-state index in [0.717, 1.165) is 0 Å². The van der Waals surface area contributed by atoms with Gasteiger partial charge in [0.25, 0.3) is 0 Å². The van der Waals surface area contributed by atoms with E-state index in [1.54, 1.807) is 34.6 Å². The van der Waals surface area contributed by atoms with Crippen LogP contribution in [0, 0.1) is 34.0 Å². The first-order valence-electron chi connectivity index (χ1n) is 9.43. The highest BCUT2D eigenvalue weighted by Crippen LogP contribution is 2.72. The van der Waals surface area contributed by atoms with Gasteiger partial charge in [-0.3, -0.25) is 14.4 Å². The number of rotatable bonds is 3. The van der Waals surface area contributed by atoms with Gasteiger partial charge in [0.15, 0.2) is 17.3 Å². The number of hydrogen-bond donors (Lipinski definition) is 2. The number of aliphatic hydroxyl groups is 2. The minimum absolute atomic E-state index is 0.184. The zero-order valence-corrected chi connectivity index (χ0v) is 16.8. The molecule has 26 heavy (non-hydrogen) atoms. The fraction of sp³-hybridized carbons (Fsp3) is 0.762. The van der Waals surface area contributed by atoms with Gasteiger partial charge in [0.05, 0.1) is 16.4 Å². The highest BCUT2D eigenvalue weighted by molar-refractivity contribution is 6.32. The Kier molecular flexibility index (Phi) is 3.75. The van der Waals surface area contributed by atoms with Crippen LogP contribution in [0.1, 0.15) is 61.3 Å². The molecular formula is C21H30O5. The first kappa shape index (κ1) is 19.3. The smallest absolute Gasteiger partial charge is 0.183 e. The van der Waals surface area contributed by atoms with Gasteiger partial charge in [0.1, 0.15) is 11.3 Å². The average Bonchev–Trinajstić information content (AvgIpc) is 2.85. The van der Waals surface area contributed by atoms with Crippen molar-refractivity contribution in [1.29, 1.82) is 0 Å². The van der Waals surface area contributed by atoms with Crippen molar-refractivity contribution >= 4 is 17.3 Å². The molecule has 0 unspecified atom stereocenters. The molecule has 0 amide bonds. The van der Waals surface area contributed by atoms with Crippen LogP contribution in [0.3, 0.4) is 0 Å². The number of Topliss-reactive ketones (excluding diaryl/α,β-unsaturated/α-hetero) is 3. The number of ketones is 3. The Morgan fingerprint density at radius 3 is 2.15 bits per heavy atom. The van der Waals surface area contributed by atoms with Crippen molar-refractivity contribution < 1.29 is 24.6 Å². The van der Waals surface area contributed by atoms with Crippen molar-refractivity contribution in [2.24, 2.45) is 34.0 Å². The van der Waals surface area contributed by atoms with Crippen LogP contribution in [-0.4, -0.2) is 33.2 Å². The molecule has 2 N–H and O–H groups in total. The summed E-state index contributed by atoms with van der Waals surface area (Å²) in [4.78, 5) is 39.7. The molecule has 0 heterocycles. The highest BCUT2D eigenvalue weighted by Gasteiger charge is 2.77. The van der Waals surface area contributed by atoms with E-state index in [-0.39, 0.29) is 35.4 Å². The average molecular weight is 362 g/mol. The molecule has 2 saturated carbocycles. The second-order valence-corrected chi connectivity index (χ2v) is 10.2. The van der Waals surface area contributed by atoms with E-state index in [2.05, 4.69) is 0 Å². The monoisotopic (exact) mass is 362 g/mol. The van der Waals surface area contributed by atoms with E-state index >= 15 is 0 Å². The summed E-state index contributed by atoms with van der Waals surface area (Å²) >= 11 is 0. The fourth-order valence-corrected chi connectivity index (χ4v) is 6.13. The largest absolute Gasteiger partial charge is 0.510 e. The van der Waals surface area contributed by atoms with Gasteiger partial charge < -0.3 is 10.2 Å². The van der Waals surface area contributed by atoms with Gasteiger partial charge in [-0.1, -0.05) is 27.7 Å². The van der Waals surface area contributed by atoms with Crippen LogP contribution in [0.15, 0.2) is 11.3 Å². The molecule has 0 saturated heterocycles. The minimum Gasteiger partial charge on any atom is -0.510 e. The molecule has 4 atom stereocenters. The summed E-state index contributed by atoms with van der Waals surface area (Å²) in [6.45, 7) is 12.4. The second kappa shape index (κ2) is 5.06. The molecule has 3 aliphatic rings. The van der Waals surface area contributed by atoms with Crippen molar-refractivity contribution in [3.05, 3.63) is 11.3 Å². The second-order valence-electron chi connectivity index (χ2n) is 10.2. The van der Waals surface area contributed by atoms with Crippen LogP contribution in [0.4, 0.5) is 0 Å². The third-order valence-corrected chi connectivity index (χ3v) is 7.45. The summed E-state index contributed by atoms with van der Waals surface area (Å²) in [5, 5.41) is 21.5. The predicted molar refractivity (Wildman–Crippen MR) is 96.3 cm³/mol. The maximum absolute atomic E-state index is 13.5. The number of hydrogen-bond acceptors (Lipinski definition) is 5. The quantitative estimate of drug-likeness (QED) is 0.595. The van der Waals surface area contributed by atoms with E-state index in [4.69, 9.17) is 0 Å². The van der Waals surface area contributed by atoms with Crippen molar-refractivity contribution in [3.63, 3.8) is 0 Å². The van der Waals surface area contributed by atoms with Gasteiger partial charge in [-0.05, 0) is 50.9 Å². The molecule has 0 aromatic rings. The molecule has 0 radical (unpaired) electrons. The fourth-order valence-electron chi connectivity index (χ4n) is 6.13. The first-order valence-corrected chi connectivity index (χ1v) is 9.43. The Morgan fingerprint density at radius 2 is 1.69 bits per heavy atom. The number of fused-ring (bicyclic) bond motifs is 1. The minimum atomic E-state index is -1.31. The molecule has 0 aliphatic heterocycles. The van der Waals surface area contributed by atoms with Crippen LogP contribution < -0.4 is 0 Å². The summed E-state index contributed by atoms with van der Waals surface area (Å²) in [5.74, 6) is -2.57. The lowest BCUT2D eigenvalue weighted by Gasteiger charge is -2.40. The number of allylic oxidation sites excluding steroid dienone is 2. The van der Waals surface area contributed by atoms with Crippen LogP contribution in [0.25, 0.3) is 0 Å². The molecule has 3 aliphatic carbocycles. The Morgan fingerprint density at radius 1 is 1.15 bits per heavy atom. The zero-order valence-electron chi connectivity index (χ0n) is 16.8. The van der Waals surface area contributed by atoms with E-state index in [1.807, 2.05) is 13.8 Å². The lowest BCUT2D eigenvalue weighted by molar-refractivity contribution is -0.144. The summed E-state index contributed by atoms with van der Waals surface area (Å²) in [6.07, 6.45) is 0.557. The lowest BCUT2D eigenvalue weighted by atomic mass is 9.64. The molecular weight excluding hydrogens is 332 g/mol. The Labute approximate surface area is 154 Å². The van der Waals surface area contributed by atoms with E-state index in [0.29, 0.717) is 6.42 Å². The van der Waals surface area contributed by atoms with Crippen molar-refractivity contribution in [2.75, 3.05) is 0 Å². The van der Waals surface area contributed by atoms with Gasteiger partial charge in [-0.15, -0.1) is 0 Å². The van der Waals surface area contributed by atoms with Gasteiger partial charge in [0, 0.05) is 5.92 Å². The van der Waals surface area contributed by atoms with Gasteiger partial charge in [-0.2, -0.15) is 0 Å². The zero-order chi connectivity index (χ0) is 20.0. The molecule has 1 spiro atoms. The molecule has 5 heteroatoms. The van der Waals surface area contributed by atoms with E-state index < -0.39 is 39.3 Å². The SMILES string of the molecule is CC(C)C(=O)C1=C(O)[C@]2(C)C[C@H]3C(C)(C)[C@H](C(C)(C)O)C[C@@]3(C1=O)C2=O. The van der Waals surface area contributed by atoms with Crippen molar-refractivity contribution in [1.82, 2.24) is 0 Å². The van der Waals surface area contributed by atoms with Gasteiger partial charge in [0.2, 0.25) is 0 Å². The Balaban J connectivity index is 2.25. The third kappa shape index (κ3) is 1.98. The molecule has 2 bridgehead atoms. The molecule has 3 rings (SSSR count). The van der Waals surface area contributed by atoms with E-state index in [9.17, 15) is 24.6 Å². The van der Waals surface area contributed by atoms with Gasteiger partial charge in [-0.25, -0.2) is 0 Å². The summed E-state index contributed by atoms with van der Waals surface area (Å²) in [5.41, 5.74) is -4.21. The molecule has 0 aromatic heterocycles. The summed E-state index contributed by atoms with van der Waals surface area (Å²) in [7, 11) is 0. The maximum Gasteiger partial charge on any atom is 0.183 e. The van der Waals surface area contributed by atoms with Crippen LogP contribution in [0.5, 0.6) is 0 Å². The number of aliphatic hydroxyl groups excluding tert-OH is 1. The molecule has 0 aromatic carbocycles. The van der Waals surface area contributed by atoms with Crippen LogP contribution in [0.2, 0.25) is 0 Å². The molecule has 5 nitrogen and oxygen atoms in total. The van der Waals surface area contributed by atoms with Crippen molar-refractivity contribution in [2.45, 2.75) is 66.9 Å². The molecule has 144 valence electrons. The topological polar surface area (TPSA) is 91.7 Å². The first-order chi connectivity index (χ1) is 11.6.